The Labute approximate surface area is 201 Å². The lowest BCUT2D eigenvalue weighted by atomic mass is 9.92. The van der Waals surface area contributed by atoms with Crippen molar-refractivity contribution in [3.05, 3.63) is 96.1 Å². The van der Waals surface area contributed by atoms with E-state index >= 15 is 0 Å². The van der Waals surface area contributed by atoms with Crippen LogP contribution in [0.15, 0.2) is 79.1 Å². The van der Waals surface area contributed by atoms with E-state index in [2.05, 4.69) is 93.4 Å². The van der Waals surface area contributed by atoms with E-state index in [1.165, 1.54) is 16.3 Å². The minimum atomic E-state index is 0.0869. The predicted octanol–water partition coefficient (Wildman–Crippen LogP) is 5.42. The Bertz CT molecular complexity index is 1260. The highest BCUT2D eigenvalue weighted by Crippen LogP contribution is 2.31. The molecule has 3 aromatic carbocycles. The van der Waals surface area contributed by atoms with Gasteiger partial charge in [0.1, 0.15) is 5.82 Å². The summed E-state index contributed by atoms with van der Waals surface area (Å²) >= 11 is 0. The molecule has 1 unspecified atom stereocenters. The predicted molar refractivity (Wildman–Crippen MR) is 137 cm³/mol. The molecule has 1 N–H and O–H groups in total. The second-order valence-electron chi connectivity index (χ2n) is 9.28. The quantitative estimate of drug-likeness (QED) is 0.425. The number of piperidine rings is 1. The first-order valence-corrected chi connectivity index (χ1v) is 12.2. The summed E-state index contributed by atoms with van der Waals surface area (Å²) in [6, 6.07) is 23.8. The Morgan fingerprint density at radius 3 is 2.50 bits per heavy atom. The number of likely N-dealkylation sites (tertiary alicyclic amines) is 1. The van der Waals surface area contributed by atoms with Crippen LogP contribution in [0.4, 0.5) is 0 Å². The molecule has 0 aliphatic carbocycles. The van der Waals surface area contributed by atoms with Crippen LogP contribution in [0.2, 0.25) is 0 Å². The Morgan fingerprint density at radius 2 is 1.76 bits per heavy atom. The average Bonchev–Trinajstić information content (AvgIpc) is 3.32. The number of nitrogens with one attached hydrogen (secondary N) is 1. The number of hydrogen-bond donors (Lipinski definition) is 1. The lowest BCUT2D eigenvalue weighted by Gasteiger charge is -2.36. The van der Waals surface area contributed by atoms with E-state index in [1.54, 1.807) is 6.20 Å². The number of imidazole rings is 1. The summed E-state index contributed by atoms with van der Waals surface area (Å²) in [4.78, 5) is 19.6. The lowest BCUT2D eigenvalue weighted by molar-refractivity contribution is -0.126. The minimum absolute atomic E-state index is 0.0869. The van der Waals surface area contributed by atoms with Crippen molar-refractivity contribution < 1.29 is 4.79 Å². The molecule has 0 bridgehead atoms. The van der Waals surface area contributed by atoms with Gasteiger partial charge in [-0.1, -0.05) is 54.6 Å². The maximum atomic E-state index is 12.8. The van der Waals surface area contributed by atoms with Crippen LogP contribution in [0.3, 0.4) is 0 Å². The third kappa shape index (κ3) is 4.62. The molecular formula is C29H32N4O. The number of nitrogens with zero attached hydrogens (tertiary/aromatic N) is 3. The van der Waals surface area contributed by atoms with Gasteiger partial charge in [0.05, 0.1) is 0 Å². The van der Waals surface area contributed by atoms with Crippen molar-refractivity contribution in [3.63, 3.8) is 0 Å². The molecule has 1 aromatic heterocycles. The summed E-state index contributed by atoms with van der Waals surface area (Å²) in [5.41, 5.74) is 3.56. The van der Waals surface area contributed by atoms with Crippen LogP contribution in [-0.4, -0.2) is 33.4 Å². The number of aryl methyl sites for hydroxylation is 1. The van der Waals surface area contributed by atoms with Crippen molar-refractivity contribution in [2.75, 3.05) is 13.1 Å². The fraction of sp³-hybridized carbons (Fsp3) is 0.310. The van der Waals surface area contributed by atoms with Crippen LogP contribution < -0.4 is 5.32 Å². The highest BCUT2D eigenvalue weighted by molar-refractivity contribution is 5.86. The van der Waals surface area contributed by atoms with Gasteiger partial charge in [0, 0.05) is 36.6 Å². The molecule has 2 heterocycles. The molecule has 174 valence electrons. The first-order chi connectivity index (χ1) is 16.6. The number of amides is 1. The molecule has 1 fully saturated rings. The van der Waals surface area contributed by atoms with E-state index in [0.29, 0.717) is 12.6 Å². The zero-order chi connectivity index (χ0) is 23.5. The van der Waals surface area contributed by atoms with E-state index in [1.807, 2.05) is 13.1 Å². The van der Waals surface area contributed by atoms with Gasteiger partial charge in [-0.05, 0) is 73.8 Å². The van der Waals surface area contributed by atoms with Crippen LogP contribution >= 0.6 is 0 Å². The third-order valence-electron chi connectivity index (χ3n) is 7.23. The molecule has 5 heteroatoms. The Balaban J connectivity index is 1.14. The maximum Gasteiger partial charge on any atom is 0.223 e. The van der Waals surface area contributed by atoms with Crippen LogP contribution in [0.1, 0.15) is 42.8 Å². The first kappa shape index (κ1) is 22.4. The monoisotopic (exact) mass is 452 g/mol. The third-order valence-corrected chi connectivity index (χ3v) is 7.23. The Hall–Kier alpha value is -3.44. The fourth-order valence-corrected chi connectivity index (χ4v) is 5.12. The summed E-state index contributed by atoms with van der Waals surface area (Å²) in [5.74, 6) is 1.22. The van der Waals surface area contributed by atoms with Crippen molar-refractivity contribution in [2.24, 2.45) is 5.92 Å². The van der Waals surface area contributed by atoms with Gasteiger partial charge in [0.2, 0.25) is 5.91 Å². The molecule has 1 saturated heterocycles. The molecule has 0 radical (unpaired) electrons. The molecule has 4 aromatic rings. The molecule has 1 amide bonds. The number of carbonyl (C=O) groups is 1. The van der Waals surface area contributed by atoms with Gasteiger partial charge >= 0.3 is 0 Å². The molecule has 1 aliphatic rings. The number of fused-ring (bicyclic) bond motifs is 1. The SMILES string of the molecule is Cc1nccn1-c1ccc(CNC(=O)C2CCN(C(C)c3cccc4ccccc34)CC2)cc1. The molecule has 0 spiro atoms. The molecule has 5 nitrogen and oxygen atoms in total. The Kier molecular flexibility index (Phi) is 6.45. The highest BCUT2D eigenvalue weighted by atomic mass is 16.1. The van der Waals surface area contributed by atoms with Crippen molar-refractivity contribution in [3.8, 4) is 5.69 Å². The number of carbonyl (C=O) groups excluding carboxylic acids is 1. The summed E-state index contributed by atoms with van der Waals surface area (Å²) in [6.45, 7) is 6.73. The Morgan fingerprint density at radius 1 is 1.03 bits per heavy atom. The van der Waals surface area contributed by atoms with Crippen LogP contribution in [0.25, 0.3) is 16.5 Å². The molecular weight excluding hydrogens is 420 g/mol. The summed E-state index contributed by atoms with van der Waals surface area (Å²) < 4.78 is 2.05. The van der Waals surface area contributed by atoms with E-state index in [0.717, 1.165) is 43.0 Å². The van der Waals surface area contributed by atoms with Gasteiger partial charge in [-0.25, -0.2) is 4.98 Å². The summed E-state index contributed by atoms with van der Waals surface area (Å²) in [5, 5.41) is 5.77. The minimum Gasteiger partial charge on any atom is -0.352 e. The second kappa shape index (κ2) is 9.82. The van der Waals surface area contributed by atoms with Gasteiger partial charge in [0.25, 0.3) is 0 Å². The molecule has 0 saturated carbocycles. The zero-order valence-electron chi connectivity index (χ0n) is 19.9. The largest absolute Gasteiger partial charge is 0.352 e. The van der Waals surface area contributed by atoms with E-state index in [9.17, 15) is 4.79 Å². The molecule has 1 atom stereocenters. The lowest BCUT2D eigenvalue weighted by Crippen LogP contribution is -2.41. The number of hydrogen-bond acceptors (Lipinski definition) is 3. The van der Waals surface area contributed by atoms with Gasteiger partial charge in [-0.15, -0.1) is 0 Å². The average molecular weight is 453 g/mol. The number of rotatable bonds is 6. The van der Waals surface area contributed by atoms with E-state index < -0.39 is 0 Å². The molecule has 5 rings (SSSR count). The topological polar surface area (TPSA) is 50.2 Å². The number of aromatic nitrogens is 2. The first-order valence-electron chi connectivity index (χ1n) is 12.2. The van der Waals surface area contributed by atoms with Crippen LogP contribution in [0, 0.1) is 12.8 Å². The number of benzene rings is 3. The van der Waals surface area contributed by atoms with Gasteiger partial charge < -0.3 is 9.88 Å². The molecule has 34 heavy (non-hydrogen) atoms. The van der Waals surface area contributed by atoms with Crippen molar-refractivity contribution >= 4 is 16.7 Å². The smallest absolute Gasteiger partial charge is 0.223 e. The maximum absolute atomic E-state index is 12.8. The fourth-order valence-electron chi connectivity index (χ4n) is 5.12. The molecule has 1 aliphatic heterocycles. The highest BCUT2D eigenvalue weighted by Gasteiger charge is 2.28. The summed E-state index contributed by atoms with van der Waals surface area (Å²) in [6.07, 6.45) is 5.57. The zero-order valence-corrected chi connectivity index (χ0v) is 19.9. The van der Waals surface area contributed by atoms with Gasteiger partial charge in [-0.2, -0.15) is 0 Å². The van der Waals surface area contributed by atoms with Gasteiger partial charge in [0.15, 0.2) is 0 Å². The van der Waals surface area contributed by atoms with E-state index in [4.69, 9.17) is 0 Å². The normalized spacial score (nSPS) is 15.9. The van der Waals surface area contributed by atoms with Crippen molar-refractivity contribution in [1.82, 2.24) is 19.8 Å². The van der Waals surface area contributed by atoms with Crippen LogP contribution in [-0.2, 0) is 11.3 Å². The second-order valence-corrected chi connectivity index (χ2v) is 9.28. The summed E-state index contributed by atoms with van der Waals surface area (Å²) in [7, 11) is 0. The van der Waals surface area contributed by atoms with Gasteiger partial charge in [-0.3, -0.25) is 9.69 Å². The van der Waals surface area contributed by atoms with Crippen molar-refractivity contribution in [2.45, 2.75) is 39.3 Å². The standard InChI is InChI=1S/C29H32N4O/c1-21(27-9-5-7-24-6-3-4-8-28(24)27)32-17-14-25(15-18-32)29(34)31-20-23-10-12-26(13-11-23)33-19-16-30-22(33)2/h3-13,16,19,21,25H,14-15,17-18,20H2,1-2H3,(H,31,34). The van der Waals surface area contributed by atoms with Crippen molar-refractivity contribution in [1.29, 1.82) is 0 Å². The van der Waals surface area contributed by atoms with Crippen LogP contribution in [0.5, 0.6) is 0 Å². The van der Waals surface area contributed by atoms with E-state index in [-0.39, 0.29) is 11.8 Å².